The molecule has 0 radical (unpaired) electrons. The van der Waals surface area contributed by atoms with Gasteiger partial charge in [-0.25, -0.2) is 0 Å². The molecule has 0 spiro atoms. The molecule has 2 fully saturated rings. The van der Waals surface area contributed by atoms with Crippen LogP contribution in [0.2, 0.25) is 0 Å². The van der Waals surface area contributed by atoms with Gasteiger partial charge in [-0.05, 0) is 76.8 Å². The Bertz CT molecular complexity index is 685. The van der Waals surface area contributed by atoms with Gasteiger partial charge in [-0.2, -0.15) is 0 Å². The highest BCUT2D eigenvalue weighted by atomic mass is 31.0. The first-order valence-corrected chi connectivity index (χ1v) is 12.9. The second-order valence-corrected chi connectivity index (χ2v) is 9.16. The van der Waals surface area contributed by atoms with Crippen LogP contribution < -0.4 is 0 Å². The molecular formula is C26H45N2O3P. The summed E-state index contributed by atoms with van der Waals surface area (Å²) in [4.78, 5) is 24.4. The smallest absolute Gasteiger partial charge is 0.293 e. The van der Waals surface area contributed by atoms with Crippen LogP contribution in [0.4, 0.5) is 0 Å². The Balaban J connectivity index is 0.000000646. The summed E-state index contributed by atoms with van der Waals surface area (Å²) in [6.07, 6.45) is 7.17. The number of likely N-dealkylation sites (tertiary alicyclic amines) is 1. The lowest BCUT2D eigenvalue weighted by Crippen LogP contribution is -2.48. The van der Waals surface area contributed by atoms with Crippen LogP contribution in [-0.2, 0) is 20.7 Å². The molecule has 0 N–H and O–H groups in total. The fourth-order valence-corrected chi connectivity index (χ4v) is 5.01. The van der Waals surface area contributed by atoms with Crippen molar-refractivity contribution in [2.45, 2.75) is 98.2 Å². The number of carbonyl (C=O) groups is 2. The predicted molar refractivity (Wildman–Crippen MR) is 136 cm³/mol. The van der Waals surface area contributed by atoms with Gasteiger partial charge in [-0.15, -0.1) is 0 Å². The molecule has 182 valence electrons. The molecule has 1 aliphatic carbocycles. The molecule has 1 aromatic rings. The zero-order valence-electron chi connectivity index (χ0n) is 21.0. The van der Waals surface area contributed by atoms with Crippen LogP contribution in [0.1, 0.15) is 77.8 Å². The summed E-state index contributed by atoms with van der Waals surface area (Å²) in [5.74, 6) is 1.10. The maximum atomic E-state index is 13.0. The van der Waals surface area contributed by atoms with Gasteiger partial charge >= 0.3 is 0 Å². The van der Waals surface area contributed by atoms with Gasteiger partial charge in [0.05, 0.1) is 12.6 Å². The molecule has 2 aliphatic rings. The molecule has 32 heavy (non-hydrogen) atoms. The molecule has 1 heterocycles. The van der Waals surface area contributed by atoms with Crippen LogP contribution in [-0.4, -0.2) is 53.2 Å². The number of ether oxygens (including phenoxy) is 1. The third kappa shape index (κ3) is 8.15. The quantitative estimate of drug-likeness (QED) is 0.382. The second kappa shape index (κ2) is 15.4. The molecule has 5 unspecified atom stereocenters. The highest BCUT2D eigenvalue weighted by Crippen LogP contribution is 2.38. The zero-order valence-corrected chi connectivity index (χ0v) is 22.2. The van der Waals surface area contributed by atoms with Gasteiger partial charge in [0.15, 0.2) is 0 Å². The first-order chi connectivity index (χ1) is 15.4. The summed E-state index contributed by atoms with van der Waals surface area (Å²) in [5, 5.41) is 0. The van der Waals surface area contributed by atoms with E-state index in [2.05, 4.69) is 68.7 Å². The molecule has 1 aliphatic heterocycles. The maximum Gasteiger partial charge on any atom is 0.293 e. The van der Waals surface area contributed by atoms with Gasteiger partial charge in [-0.3, -0.25) is 14.3 Å². The van der Waals surface area contributed by atoms with Crippen molar-refractivity contribution in [2.75, 3.05) is 13.2 Å². The van der Waals surface area contributed by atoms with Crippen LogP contribution >= 0.6 is 9.39 Å². The zero-order chi connectivity index (χ0) is 24.1. The number of fused-ring (bicyclic) bond motifs is 1. The topological polar surface area (TPSA) is 49.9 Å². The second-order valence-electron chi connectivity index (χ2n) is 8.57. The Kier molecular flexibility index (Phi) is 13.8. The van der Waals surface area contributed by atoms with Gasteiger partial charge in [-0.1, -0.05) is 53.9 Å². The van der Waals surface area contributed by atoms with E-state index in [1.807, 2.05) is 13.8 Å². The Hall–Kier alpha value is -1.45. The molecule has 0 aromatic heterocycles. The number of hydrogen-bond donors (Lipinski definition) is 0. The van der Waals surface area contributed by atoms with Gasteiger partial charge in [0.1, 0.15) is 0 Å². The number of nitrogens with zero attached hydrogens (tertiary/aromatic N) is 2. The number of aryl methyl sites for hydroxylation is 2. The average molecular weight is 465 g/mol. The minimum atomic E-state index is -0.0591. The van der Waals surface area contributed by atoms with Crippen LogP contribution in [0.15, 0.2) is 24.3 Å². The molecule has 0 bridgehead atoms. The third-order valence-electron chi connectivity index (χ3n) is 6.68. The summed E-state index contributed by atoms with van der Waals surface area (Å²) >= 11 is 0. The highest BCUT2D eigenvalue weighted by molar-refractivity contribution is 7.13. The van der Waals surface area contributed by atoms with Crippen molar-refractivity contribution in [3.05, 3.63) is 35.4 Å². The van der Waals surface area contributed by atoms with E-state index in [4.69, 9.17) is 0 Å². The molecule has 6 heteroatoms. The number of amides is 1. The van der Waals surface area contributed by atoms with Crippen LogP contribution in [0.3, 0.4) is 0 Å². The highest BCUT2D eigenvalue weighted by Gasteiger charge is 2.41. The lowest BCUT2D eigenvalue weighted by atomic mass is 10.0. The fourth-order valence-electron chi connectivity index (χ4n) is 4.73. The lowest BCUT2D eigenvalue weighted by molar-refractivity contribution is -0.136. The van der Waals surface area contributed by atoms with Crippen molar-refractivity contribution < 1.29 is 14.3 Å². The van der Waals surface area contributed by atoms with Crippen molar-refractivity contribution in [2.24, 2.45) is 5.92 Å². The van der Waals surface area contributed by atoms with Crippen LogP contribution in [0.25, 0.3) is 0 Å². The summed E-state index contributed by atoms with van der Waals surface area (Å²) in [7, 11) is 2.82. The first kappa shape index (κ1) is 28.6. The summed E-state index contributed by atoms with van der Waals surface area (Å²) < 4.78 is 6.35. The van der Waals surface area contributed by atoms with E-state index in [1.165, 1.54) is 36.8 Å². The van der Waals surface area contributed by atoms with Gasteiger partial charge in [0.2, 0.25) is 5.91 Å². The molecule has 5 atom stereocenters. The average Bonchev–Trinajstić information content (AvgIpc) is 3.43. The number of hydrogen-bond acceptors (Lipinski definition) is 4. The van der Waals surface area contributed by atoms with Gasteiger partial charge < -0.3 is 9.64 Å². The van der Waals surface area contributed by atoms with E-state index in [-0.39, 0.29) is 6.04 Å². The Morgan fingerprint density at radius 2 is 1.94 bits per heavy atom. The van der Waals surface area contributed by atoms with Crippen LogP contribution in [0, 0.1) is 12.8 Å². The molecule has 3 rings (SSSR count). The Morgan fingerprint density at radius 3 is 2.53 bits per heavy atom. The van der Waals surface area contributed by atoms with E-state index in [9.17, 15) is 9.59 Å². The largest absolute Gasteiger partial charge is 0.468 e. The minimum Gasteiger partial charge on any atom is -0.468 e. The van der Waals surface area contributed by atoms with E-state index < -0.39 is 0 Å². The Morgan fingerprint density at radius 1 is 1.25 bits per heavy atom. The molecular weight excluding hydrogens is 419 g/mol. The van der Waals surface area contributed by atoms with E-state index in [1.54, 1.807) is 6.92 Å². The fraction of sp³-hybridized carbons (Fsp3) is 0.692. The van der Waals surface area contributed by atoms with Crippen molar-refractivity contribution >= 4 is 21.8 Å². The van der Waals surface area contributed by atoms with Crippen molar-refractivity contribution in [1.29, 1.82) is 0 Å². The number of benzene rings is 1. The lowest BCUT2D eigenvalue weighted by Gasteiger charge is -2.34. The van der Waals surface area contributed by atoms with E-state index >= 15 is 0 Å². The minimum absolute atomic E-state index is 0.0591. The Labute approximate surface area is 198 Å². The van der Waals surface area contributed by atoms with Gasteiger partial charge in [0, 0.05) is 18.6 Å². The number of carbonyl (C=O) groups excluding carboxylic acids is 2. The maximum absolute atomic E-state index is 13.0. The molecule has 1 saturated heterocycles. The monoisotopic (exact) mass is 464 g/mol. The third-order valence-corrected chi connectivity index (χ3v) is 7.64. The van der Waals surface area contributed by atoms with E-state index in [0.717, 1.165) is 25.3 Å². The van der Waals surface area contributed by atoms with Crippen molar-refractivity contribution in [3.8, 4) is 0 Å². The molecule has 1 amide bonds. The summed E-state index contributed by atoms with van der Waals surface area (Å²) in [6, 6.07) is 9.43. The normalized spacial score (nSPS) is 20.9. The summed E-state index contributed by atoms with van der Waals surface area (Å²) in [5.41, 5.74) is 2.78. The first-order valence-electron chi connectivity index (χ1n) is 12.3. The number of rotatable bonds is 8. The van der Waals surface area contributed by atoms with Crippen molar-refractivity contribution in [1.82, 2.24) is 9.57 Å². The van der Waals surface area contributed by atoms with E-state index in [0.29, 0.717) is 31.1 Å². The molecule has 1 saturated carbocycles. The summed E-state index contributed by atoms with van der Waals surface area (Å²) in [6.45, 7) is 14.1. The predicted octanol–water partition coefficient (Wildman–Crippen LogP) is 5.40. The van der Waals surface area contributed by atoms with Gasteiger partial charge in [0.25, 0.3) is 6.47 Å². The SMILES string of the molecule is CC.CCOC=O.Cc1ccccc1CCC(C)N(P)C(C)C(=O)N1CCC2CCCC21. The molecule has 5 nitrogen and oxygen atoms in total. The molecule has 1 aromatic carbocycles. The van der Waals surface area contributed by atoms with Crippen LogP contribution in [0.5, 0.6) is 0 Å². The standard InChI is InChI=1S/C21H33N2OP.C3H6O2.C2H6/c1-15-7-4-5-8-18(15)12-11-16(2)23(25)17(3)21(24)22-14-13-19-9-6-10-20(19)22;1-2-5-3-4;1-2/h4-5,7-8,16-17,19-20H,6,9-14,25H2,1-3H3;3H,2H2,1H3;1-2H3. The van der Waals surface area contributed by atoms with Crippen molar-refractivity contribution in [3.63, 3.8) is 0 Å².